The number of carbonyl (C=O) groups excluding carboxylic acids is 2. The van der Waals surface area contributed by atoms with Crippen LogP contribution < -0.4 is 0 Å². The van der Waals surface area contributed by atoms with Gasteiger partial charge in [0.2, 0.25) is 0 Å². The van der Waals surface area contributed by atoms with Crippen LogP contribution in [0.15, 0.2) is 48.5 Å². The zero-order chi connectivity index (χ0) is 16.1. The van der Waals surface area contributed by atoms with Crippen molar-refractivity contribution in [2.45, 2.75) is 6.61 Å². The van der Waals surface area contributed by atoms with Crippen LogP contribution in [0.2, 0.25) is 0 Å². The van der Waals surface area contributed by atoms with E-state index in [0.29, 0.717) is 5.56 Å². The summed E-state index contributed by atoms with van der Waals surface area (Å²) in [6.45, 7) is -0.166. The Labute approximate surface area is 124 Å². The van der Waals surface area contributed by atoms with Crippen molar-refractivity contribution >= 4 is 17.4 Å². The number of phenolic OH excluding ortho intramolecular Hbond substituents is 1. The lowest BCUT2D eigenvalue weighted by atomic mass is 10.1. The Morgan fingerprint density at radius 3 is 2.18 bits per heavy atom. The molecule has 0 aliphatic carbocycles. The number of non-ortho nitro benzene ring substituents is 1. The maximum atomic E-state index is 11.8. The average Bonchev–Trinajstić information content (AvgIpc) is 2.53. The second-order valence-corrected chi connectivity index (χ2v) is 4.38. The Morgan fingerprint density at radius 2 is 1.64 bits per heavy atom. The molecule has 0 unspecified atom stereocenters. The van der Waals surface area contributed by atoms with Crippen molar-refractivity contribution in [2.24, 2.45) is 0 Å². The van der Waals surface area contributed by atoms with Crippen LogP contribution in [0.3, 0.4) is 0 Å². The van der Waals surface area contributed by atoms with Crippen molar-refractivity contribution in [3.63, 3.8) is 0 Å². The van der Waals surface area contributed by atoms with E-state index < -0.39 is 16.7 Å². The van der Waals surface area contributed by atoms with Crippen molar-refractivity contribution in [3.05, 3.63) is 69.8 Å². The number of hydrogen-bond acceptors (Lipinski definition) is 6. The first-order chi connectivity index (χ1) is 10.5. The maximum absolute atomic E-state index is 11.8. The van der Waals surface area contributed by atoms with E-state index in [4.69, 9.17) is 9.84 Å². The number of esters is 1. The molecular formula is C15H11NO6. The molecule has 2 aromatic carbocycles. The molecule has 0 aliphatic heterocycles. The SMILES string of the molecule is O=C(OCc1ccc([N+](=O)[O-])cc1)C(=O)c1ccc(O)cc1. The fourth-order valence-corrected chi connectivity index (χ4v) is 1.66. The molecule has 0 fully saturated rings. The summed E-state index contributed by atoms with van der Waals surface area (Å²) in [6.07, 6.45) is 0. The van der Waals surface area contributed by atoms with Crippen LogP contribution in [0.4, 0.5) is 5.69 Å². The summed E-state index contributed by atoms with van der Waals surface area (Å²) in [5, 5.41) is 19.6. The Balaban J connectivity index is 1.96. The van der Waals surface area contributed by atoms with Crippen LogP contribution in [0.25, 0.3) is 0 Å². The van der Waals surface area contributed by atoms with E-state index in [9.17, 15) is 19.7 Å². The zero-order valence-electron chi connectivity index (χ0n) is 11.3. The largest absolute Gasteiger partial charge is 0.508 e. The summed E-state index contributed by atoms with van der Waals surface area (Å²) in [4.78, 5) is 33.4. The minimum absolute atomic E-state index is 0.0178. The third-order valence-corrected chi connectivity index (χ3v) is 2.83. The molecule has 0 amide bonds. The van der Waals surface area contributed by atoms with Crippen LogP contribution >= 0.6 is 0 Å². The molecule has 0 bridgehead atoms. The quantitative estimate of drug-likeness (QED) is 0.298. The first-order valence-electron chi connectivity index (χ1n) is 6.21. The van der Waals surface area contributed by atoms with Gasteiger partial charge in [-0.2, -0.15) is 0 Å². The van der Waals surface area contributed by atoms with Gasteiger partial charge in [0.1, 0.15) is 12.4 Å². The molecule has 0 aromatic heterocycles. The topological polar surface area (TPSA) is 107 Å². The number of Topliss-reactive ketones (excluding diaryl/α,β-unsaturated/α-hetero) is 1. The van der Waals surface area contributed by atoms with E-state index in [1.807, 2.05) is 0 Å². The number of carbonyl (C=O) groups is 2. The van der Waals surface area contributed by atoms with E-state index in [2.05, 4.69) is 0 Å². The van der Waals surface area contributed by atoms with Gasteiger partial charge in [-0.25, -0.2) is 4.79 Å². The predicted octanol–water partition coefficient (Wildman–Crippen LogP) is 2.23. The van der Waals surface area contributed by atoms with Gasteiger partial charge in [-0.05, 0) is 42.0 Å². The number of rotatable bonds is 5. The summed E-state index contributed by atoms with van der Waals surface area (Å²) >= 11 is 0. The molecule has 2 aromatic rings. The lowest BCUT2D eigenvalue weighted by Crippen LogP contribution is -2.17. The van der Waals surface area contributed by atoms with E-state index in [1.165, 1.54) is 48.5 Å². The van der Waals surface area contributed by atoms with Gasteiger partial charge in [0.15, 0.2) is 0 Å². The van der Waals surface area contributed by atoms with Crippen molar-refractivity contribution in [1.29, 1.82) is 0 Å². The predicted molar refractivity (Wildman–Crippen MR) is 75.3 cm³/mol. The molecule has 0 aliphatic rings. The Hall–Kier alpha value is -3.22. The average molecular weight is 301 g/mol. The molecule has 0 spiro atoms. The fourth-order valence-electron chi connectivity index (χ4n) is 1.66. The summed E-state index contributed by atoms with van der Waals surface area (Å²) < 4.78 is 4.85. The van der Waals surface area contributed by atoms with Gasteiger partial charge in [0.05, 0.1) is 4.92 Å². The van der Waals surface area contributed by atoms with Gasteiger partial charge < -0.3 is 9.84 Å². The summed E-state index contributed by atoms with van der Waals surface area (Å²) in [5.41, 5.74) is 0.555. The standard InChI is InChI=1S/C15H11NO6/c17-13-7-3-11(4-8-13)14(18)15(19)22-9-10-1-5-12(6-2-10)16(20)21/h1-8,17H,9H2. The van der Waals surface area contributed by atoms with Crippen molar-refractivity contribution in [1.82, 2.24) is 0 Å². The molecule has 7 nitrogen and oxygen atoms in total. The lowest BCUT2D eigenvalue weighted by Gasteiger charge is -2.04. The number of phenols is 1. The van der Waals surface area contributed by atoms with Crippen LogP contribution in [-0.2, 0) is 16.1 Å². The highest BCUT2D eigenvalue weighted by Crippen LogP contribution is 2.14. The van der Waals surface area contributed by atoms with E-state index in [1.54, 1.807) is 0 Å². The monoisotopic (exact) mass is 301 g/mol. The molecule has 0 radical (unpaired) electrons. The highest BCUT2D eigenvalue weighted by atomic mass is 16.6. The van der Waals surface area contributed by atoms with E-state index in [-0.39, 0.29) is 23.6 Å². The fraction of sp³-hybridized carbons (Fsp3) is 0.0667. The summed E-state index contributed by atoms with van der Waals surface area (Å²) in [6, 6.07) is 10.6. The number of benzene rings is 2. The van der Waals surface area contributed by atoms with Crippen molar-refractivity contribution in [3.8, 4) is 5.75 Å². The Morgan fingerprint density at radius 1 is 1.05 bits per heavy atom. The molecule has 7 heteroatoms. The normalized spacial score (nSPS) is 10.0. The van der Waals surface area contributed by atoms with Crippen LogP contribution in [0, 0.1) is 10.1 Å². The number of nitro benzene ring substituents is 1. The second-order valence-electron chi connectivity index (χ2n) is 4.38. The van der Waals surface area contributed by atoms with E-state index >= 15 is 0 Å². The number of ether oxygens (including phenoxy) is 1. The number of hydrogen-bond donors (Lipinski definition) is 1. The zero-order valence-corrected chi connectivity index (χ0v) is 11.3. The molecule has 22 heavy (non-hydrogen) atoms. The van der Waals surface area contributed by atoms with Gasteiger partial charge in [-0.15, -0.1) is 0 Å². The van der Waals surface area contributed by atoms with Gasteiger partial charge in [-0.3, -0.25) is 14.9 Å². The van der Waals surface area contributed by atoms with E-state index in [0.717, 1.165) is 0 Å². The molecule has 112 valence electrons. The van der Waals surface area contributed by atoms with Gasteiger partial charge in [0.25, 0.3) is 11.5 Å². The summed E-state index contributed by atoms with van der Waals surface area (Å²) in [5.74, 6) is -1.89. The highest BCUT2D eigenvalue weighted by Gasteiger charge is 2.18. The number of aromatic hydroxyl groups is 1. The number of nitro groups is 1. The van der Waals surface area contributed by atoms with Gasteiger partial charge in [0, 0.05) is 17.7 Å². The maximum Gasteiger partial charge on any atom is 0.380 e. The molecule has 0 saturated heterocycles. The smallest absolute Gasteiger partial charge is 0.380 e. The molecule has 0 atom stereocenters. The molecule has 0 heterocycles. The number of ketones is 1. The van der Waals surface area contributed by atoms with Crippen LogP contribution in [0.5, 0.6) is 5.75 Å². The minimum Gasteiger partial charge on any atom is -0.508 e. The first-order valence-corrected chi connectivity index (χ1v) is 6.21. The third-order valence-electron chi connectivity index (χ3n) is 2.83. The van der Waals surface area contributed by atoms with Crippen molar-refractivity contribution < 1.29 is 24.4 Å². The molecule has 1 N–H and O–H groups in total. The minimum atomic E-state index is -1.04. The van der Waals surface area contributed by atoms with Gasteiger partial charge in [-0.1, -0.05) is 0 Å². The Kier molecular flexibility index (Phi) is 4.47. The molecule has 0 saturated carbocycles. The highest BCUT2D eigenvalue weighted by molar-refractivity contribution is 6.40. The summed E-state index contributed by atoms with van der Waals surface area (Å²) in [7, 11) is 0. The molecular weight excluding hydrogens is 290 g/mol. The van der Waals surface area contributed by atoms with Crippen molar-refractivity contribution in [2.75, 3.05) is 0 Å². The molecule has 2 rings (SSSR count). The Bertz CT molecular complexity index is 706. The third kappa shape index (κ3) is 3.66. The lowest BCUT2D eigenvalue weighted by molar-refractivity contribution is -0.384. The number of nitrogens with zero attached hydrogens (tertiary/aromatic N) is 1. The first kappa shape index (κ1) is 15.2. The van der Waals surface area contributed by atoms with Crippen LogP contribution in [0.1, 0.15) is 15.9 Å². The van der Waals surface area contributed by atoms with Gasteiger partial charge >= 0.3 is 5.97 Å². The van der Waals surface area contributed by atoms with Crippen LogP contribution in [-0.4, -0.2) is 21.8 Å². The second kappa shape index (κ2) is 6.49.